The summed E-state index contributed by atoms with van der Waals surface area (Å²) < 4.78 is 3.77. The second kappa shape index (κ2) is 5.98. The topological polar surface area (TPSA) is 73.5 Å². The lowest BCUT2D eigenvalue weighted by atomic mass is 9.89. The zero-order valence-corrected chi connectivity index (χ0v) is 13.3. The summed E-state index contributed by atoms with van der Waals surface area (Å²) in [7, 11) is 1.88. The Labute approximate surface area is 134 Å². The average molecular weight is 311 g/mol. The molecule has 7 nitrogen and oxygen atoms in total. The highest BCUT2D eigenvalue weighted by molar-refractivity contribution is 5.75. The summed E-state index contributed by atoms with van der Waals surface area (Å²) in [4.78, 5) is 9.01. The largest absolute Gasteiger partial charge is 0.321 e. The molecular formula is C16H21N7. The van der Waals surface area contributed by atoms with Crippen LogP contribution >= 0.6 is 0 Å². The van der Waals surface area contributed by atoms with Gasteiger partial charge in [0.15, 0.2) is 5.65 Å². The van der Waals surface area contributed by atoms with E-state index in [0.717, 1.165) is 29.2 Å². The Morgan fingerprint density at radius 1 is 1.13 bits per heavy atom. The summed E-state index contributed by atoms with van der Waals surface area (Å²) in [6, 6.07) is 0. The van der Waals surface area contributed by atoms with Crippen LogP contribution in [0.4, 0.5) is 11.6 Å². The van der Waals surface area contributed by atoms with E-state index in [1.54, 1.807) is 10.9 Å². The number of anilines is 2. The summed E-state index contributed by atoms with van der Waals surface area (Å²) in [5.74, 6) is 1.30. The van der Waals surface area contributed by atoms with E-state index in [2.05, 4.69) is 25.5 Å². The Morgan fingerprint density at radius 3 is 2.78 bits per heavy atom. The molecule has 0 unspecified atom stereocenters. The molecule has 1 N–H and O–H groups in total. The fourth-order valence-electron chi connectivity index (χ4n) is 3.29. The van der Waals surface area contributed by atoms with E-state index in [1.807, 2.05) is 30.3 Å². The van der Waals surface area contributed by atoms with Crippen molar-refractivity contribution in [1.29, 1.82) is 0 Å². The monoisotopic (exact) mass is 311 g/mol. The van der Waals surface area contributed by atoms with Crippen LogP contribution in [0.1, 0.15) is 32.1 Å². The molecule has 0 radical (unpaired) electrons. The molecule has 4 rings (SSSR count). The zero-order valence-electron chi connectivity index (χ0n) is 13.3. The molecule has 0 spiro atoms. The summed E-state index contributed by atoms with van der Waals surface area (Å²) in [6.07, 6.45) is 14.0. The molecule has 1 aliphatic carbocycles. The lowest BCUT2D eigenvalue weighted by molar-refractivity contribution is 0.311. The molecule has 3 aromatic rings. The highest BCUT2D eigenvalue weighted by atomic mass is 15.3. The summed E-state index contributed by atoms with van der Waals surface area (Å²) in [5, 5.41) is 12.8. The number of rotatable bonds is 4. The summed E-state index contributed by atoms with van der Waals surface area (Å²) >= 11 is 0. The zero-order chi connectivity index (χ0) is 15.6. The minimum atomic E-state index is 0.580. The van der Waals surface area contributed by atoms with Gasteiger partial charge in [-0.05, 0) is 18.8 Å². The van der Waals surface area contributed by atoms with Gasteiger partial charge in [0, 0.05) is 26.0 Å². The van der Waals surface area contributed by atoms with E-state index in [1.165, 1.54) is 32.1 Å². The highest BCUT2D eigenvalue weighted by Gasteiger charge is 2.16. The first-order valence-corrected chi connectivity index (χ1v) is 8.22. The number of fused-ring (bicyclic) bond motifs is 1. The van der Waals surface area contributed by atoms with Crippen molar-refractivity contribution in [1.82, 2.24) is 29.5 Å². The summed E-state index contributed by atoms with van der Waals surface area (Å²) in [6.45, 7) is 0.951. The van der Waals surface area contributed by atoms with E-state index < -0.39 is 0 Å². The molecule has 3 aromatic heterocycles. The molecule has 0 saturated heterocycles. The van der Waals surface area contributed by atoms with Crippen LogP contribution < -0.4 is 5.32 Å². The molecule has 0 amide bonds. The van der Waals surface area contributed by atoms with Crippen LogP contribution in [-0.2, 0) is 13.6 Å². The molecule has 1 fully saturated rings. The van der Waals surface area contributed by atoms with Crippen molar-refractivity contribution in [2.24, 2.45) is 13.0 Å². The van der Waals surface area contributed by atoms with Gasteiger partial charge in [-0.1, -0.05) is 19.3 Å². The molecule has 0 aliphatic heterocycles. The quantitative estimate of drug-likeness (QED) is 0.802. The third kappa shape index (κ3) is 3.04. The van der Waals surface area contributed by atoms with Gasteiger partial charge in [0.2, 0.25) is 5.95 Å². The average Bonchev–Trinajstić information content (AvgIpc) is 3.15. The van der Waals surface area contributed by atoms with Gasteiger partial charge in [0.05, 0.1) is 23.5 Å². The van der Waals surface area contributed by atoms with E-state index in [9.17, 15) is 0 Å². The summed E-state index contributed by atoms with van der Waals surface area (Å²) in [5.41, 5.74) is 1.78. The number of aryl methyl sites for hydroxylation is 1. The molecule has 0 atom stereocenters. The number of hydrogen-bond donors (Lipinski definition) is 1. The van der Waals surface area contributed by atoms with Crippen molar-refractivity contribution in [2.75, 3.05) is 5.32 Å². The maximum atomic E-state index is 4.65. The minimum Gasteiger partial charge on any atom is -0.321 e. The molecule has 120 valence electrons. The molecule has 0 aromatic carbocycles. The van der Waals surface area contributed by atoms with Crippen LogP contribution in [0.2, 0.25) is 0 Å². The van der Waals surface area contributed by atoms with Gasteiger partial charge in [0.1, 0.15) is 0 Å². The van der Waals surface area contributed by atoms with E-state index >= 15 is 0 Å². The molecule has 1 saturated carbocycles. The van der Waals surface area contributed by atoms with Crippen molar-refractivity contribution in [2.45, 2.75) is 38.6 Å². The van der Waals surface area contributed by atoms with E-state index in [-0.39, 0.29) is 0 Å². The first-order chi connectivity index (χ1) is 11.3. The van der Waals surface area contributed by atoms with E-state index in [4.69, 9.17) is 0 Å². The SMILES string of the molecule is Cn1cc(Nc2ncc3cnn(CC4CCCCC4)c3n2)cn1. The Kier molecular flexibility index (Phi) is 3.69. The molecule has 0 bridgehead atoms. The molecule has 3 heterocycles. The van der Waals surface area contributed by atoms with Crippen LogP contribution in [0.3, 0.4) is 0 Å². The van der Waals surface area contributed by atoms with Gasteiger partial charge in [-0.25, -0.2) is 9.67 Å². The second-order valence-corrected chi connectivity index (χ2v) is 6.33. The molecule has 23 heavy (non-hydrogen) atoms. The van der Waals surface area contributed by atoms with E-state index in [0.29, 0.717) is 5.95 Å². The fraction of sp³-hybridized carbons (Fsp3) is 0.500. The van der Waals surface area contributed by atoms with Crippen molar-refractivity contribution in [3.8, 4) is 0 Å². The van der Waals surface area contributed by atoms with Crippen molar-refractivity contribution < 1.29 is 0 Å². The first kappa shape index (κ1) is 14.2. The number of aromatic nitrogens is 6. The standard InChI is InChI=1S/C16H21N7/c1-22-11-14(9-18-22)20-16-17-7-13-8-19-23(15(13)21-16)10-12-5-3-2-4-6-12/h7-9,11-12H,2-6,10H2,1H3,(H,17,20,21). The van der Waals surface area contributed by atoms with Gasteiger partial charge >= 0.3 is 0 Å². The third-order valence-electron chi connectivity index (χ3n) is 4.49. The Bertz CT molecular complexity index is 798. The van der Waals surface area contributed by atoms with Gasteiger partial charge in [-0.15, -0.1) is 0 Å². The Morgan fingerprint density at radius 2 is 2.00 bits per heavy atom. The predicted octanol–water partition coefficient (Wildman–Crippen LogP) is 2.88. The smallest absolute Gasteiger partial charge is 0.229 e. The Balaban J connectivity index is 1.57. The highest BCUT2D eigenvalue weighted by Crippen LogP contribution is 2.26. The molecule has 7 heteroatoms. The van der Waals surface area contributed by atoms with Crippen LogP contribution in [-0.4, -0.2) is 29.5 Å². The number of nitrogens with one attached hydrogen (secondary N) is 1. The number of nitrogens with zero attached hydrogens (tertiary/aromatic N) is 6. The van der Waals surface area contributed by atoms with Gasteiger partial charge < -0.3 is 5.32 Å². The maximum absolute atomic E-state index is 4.65. The van der Waals surface area contributed by atoms with Gasteiger partial charge in [-0.2, -0.15) is 15.2 Å². The van der Waals surface area contributed by atoms with Crippen molar-refractivity contribution >= 4 is 22.7 Å². The first-order valence-electron chi connectivity index (χ1n) is 8.22. The van der Waals surface area contributed by atoms with Gasteiger partial charge in [0.25, 0.3) is 0 Å². The van der Waals surface area contributed by atoms with Crippen LogP contribution in [0.5, 0.6) is 0 Å². The second-order valence-electron chi connectivity index (χ2n) is 6.33. The van der Waals surface area contributed by atoms with Crippen LogP contribution in [0.15, 0.2) is 24.8 Å². The van der Waals surface area contributed by atoms with Gasteiger partial charge in [-0.3, -0.25) is 4.68 Å². The fourth-order valence-corrected chi connectivity index (χ4v) is 3.29. The maximum Gasteiger partial charge on any atom is 0.229 e. The normalized spacial score (nSPS) is 16.0. The predicted molar refractivity (Wildman–Crippen MR) is 88.4 cm³/mol. The molecule has 1 aliphatic rings. The van der Waals surface area contributed by atoms with Crippen LogP contribution in [0, 0.1) is 5.92 Å². The lowest BCUT2D eigenvalue weighted by Gasteiger charge is -2.21. The Hall–Kier alpha value is -2.44. The van der Waals surface area contributed by atoms with Crippen molar-refractivity contribution in [3.05, 3.63) is 24.8 Å². The van der Waals surface area contributed by atoms with Crippen molar-refractivity contribution in [3.63, 3.8) is 0 Å². The molecular weight excluding hydrogens is 290 g/mol. The lowest BCUT2D eigenvalue weighted by Crippen LogP contribution is -2.15. The van der Waals surface area contributed by atoms with Crippen LogP contribution in [0.25, 0.3) is 11.0 Å². The minimum absolute atomic E-state index is 0.580. The number of hydrogen-bond acceptors (Lipinski definition) is 5. The third-order valence-corrected chi connectivity index (χ3v) is 4.49.